The number of amides is 1. The zero-order valence-corrected chi connectivity index (χ0v) is 12.5. The van der Waals surface area contributed by atoms with Gasteiger partial charge in [0.05, 0.1) is 18.8 Å². The zero-order chi connectivity index (χ0) is 15.9. The second kappa shape index (κ2) is 7.29. The van der Waals surface area contributed by atoms with Crippen molar-refractivity contribution in [3.8, 4) is 17.5 Å². The number of hydrogen-bond acceptors (Lipinski definition) is 4. The highest BCUT2D eigenvalue weighted by atomic mass is 16.6. The average Bonchev–Trinajstić information content (AvgIpc) is 2.97. The van der Waals surface area contributed by atoms with Gasteiger partial charge in [-0.05, 0) is 32.0 Å². The molecule has 2 rings (SSSR count). The van der Waals surface area contributed by atoms with Crippen LogP contribution in [0.25, 0.3) is 5.69 Å². The predicted molar refractivity (Wildman–Crippen MR) is 80.7 cm³/mol. The van der Waals surface area contributed by atoms with Gasteiger partial charge >= 0.3 is 0 Å². The lowest BCUT2D eigenvalue weighted by Crippen LogP contribution is -2.26. The number of hydrogen-bond donors (Lipinski definition) is 1. The van der Waals surface area contributed by atoms with Crippen molar-refractivity contribution >= 4 is 5.91 Å². The summed E-state index contributed by atoms with van der Waals surface area (Å²) in [5, 5.41) is 9.18. The minimum Gasteiger partial charge on any atom is -0.494 e. The first-order valence-electron chi connectivity index (χ1n) is 6.98. The Labute approximate surface area is 128 Å². The number of ether oxygens (including phenoxy) is 1. The Morgan fingerprint density at radius 3 is 2.82 bits per heavy atom. The van der Waals surface area contributed by atoms with Gasteiger partial charge in [0.2, 0.25) is 0 Å². The summed E-state index contributed by atoms with van der Waals surface area (Å²) in [5.74, 6) is 0.230. The largest absolute Gasteiger partial charge is 0.494 e. The molecular weight excluding hydrogens is 282 g/mol. The van der Waals surface area contributed by atoms with Crippen molar-refractivity contribution in [3.05, 3.63) is 47.8 Å². The maximum absolute atomic E-state index is 12.2. The number of rotatable bonds is 6. The molecule has 0 spiro atoms. The van der Waals surface area contributed by atoms with Gasteiger partial charge in [-0.1, -0.05) is 6.07 Å². The van der Waals surface area contributed by atoms with E-state index < -0.39 is 5.91 Å². The molecule has 114 valence electrons. The van der Waals surface area contributed by atoms with E-state index in [4.69, 9.17) is 9.57 Å². The Bertz CT molecular complexity index is 701. The molecular formula is C16H17N3O3. The van der Waals surface area contributed by atoms with Crippen molar-refractivity contribution in [1.82, 2.24) is 10.0 Å². The van der Waals surface area contributed by atoms with Crippen LogP contribution in [0, 0.1) is 11.3 Å². The predicted octanol–water partition coefficient (Wildman–Crippen LogP) is 2.43. The van der Waals surface area contributed by atoms with E-state index in [9.17, 15) is 10.1 Å². The van der Waals surface area contributed by atoms with Crippen LogP contribution >= 0.6 is 0 Å². The van der Waals surface area contributed by atoms with Crippen molar-refractivity contribution in [2.75, 3.05) is 13.2 Å². The van der Waals surface area contributed by atoms with E-state index in [2.05, 4.69) is 5.48 Å². The van der Waals surface area contributed by atoms with Crippen LogP contribution < -0.4 is 10.2 Å². The fraction of sp³-hybridized carbons (Fsp3) is 0.250. The lowest BCUT2D eigenvalue weighted by Gasteiger charge is -2.11. The summed E-state index contributed by atoms with van der Waals surface area (Å²) in [6.07, 6.45) is 1.67. The molecule has 1 aromatic carbocycles. The van der Waals surface area contributed by atoms with Crippen LogP contribution in [0.3, 0.4) is 0 Å². The van der Waals surface area contributed by atoms with E-state index in [1.54, 1.807) is 23.8 Å². The highest BCUT2D eigenvalue weighted by Gasteiger charge is 2.18. The Kier molecular flexibility index (Phi) is 5.17. The summed E-state index contributed by atoms with van der Waals surface area (Å²) >= 11 is 0. The molecule has 0 bridgehead atoms. The second-order valence-electron chi connectivity index (χ2n) is 4.35. The molecule has 1 heterocycles. The van der Waals surface area contributed by atoms with Crippen LogP contribution in [0.15, 0.2) is 36.5 Å². The van der Waals surface area contributed by atoms with E-state index in [0.29, 0.717) is 19.0 Å². The minimum atomic E-state index is -0.467. The number of carbonyl (C=O) groups is 1. The molecule has 22 heavy (non-hydrogen) atoms. The molecule has 6 nitrogen and oxygen atoms in total. The van der Waals surface area contributed by atoms with Gasteiger partial charge in [0.25, 0.3) is 5.91 Å². The van der Waals surface area contributed by atoms with Gasteiger partial charge in [-0.25, -0.2) is 5.48 Å². The van der Waals surface area contributed by atoms with Crippen LogP contribution in [-0.2, 0) is 4.84 Å². The van der Waals surface area contributed by atoms with E-state index in [-0.39, 0.29) is 11.3 Å². The van der Waals surface area contributed by atoms with Crippen LogP contribution in [0.5, 0.6) is 5.75 Å². The summed E-state index contributed by atoms with van der Waals surface area (Å²) < 4.78 is 7.10. The molecule has 0 atom stereocenters. The Hall–Kier alpha value is -2.78. The molecule has 6 heteroatoms. The van der Waals surface area contributed by atoms with Crippen molar-refractivity contribution in [1.29, 1.82) is 5.26 Å². The third-order valence-electron chi connectivity index (χ3n) is 2.94. The lowest BCUT2D eigenvalue weighted by atomic mass is 10.2. The number of benzene rings is 1. The average molecular weight is 299 g/mol. The molecule has 0 unspecified atom stereocenters. The maximum Gasteiger partial charge on any atom is 0.293 e. The maximum atomic E-state index is 12.2. The van der Waals surface area contributed by atoms with E-state index >= 15 is 0 Å². The Balaban J connectivity index is 2.43. The number of aromatic nitrogens is 1. The van der Waals surface area contributed by atoms with E-state index in [0.717, 1.165) is 5.69 Å². The molecule has 0 aliphatic heterocycles. The minimum absolute atomic E-state index is 0.226. The number of nitriles is 1. The molecule has 0 fully saturated rings. The lowest BCUT2D eigenvalue weighted by molar-refractivity contribution is 0.0358. The van der Waals surface area contributed by atoms with Crippen molar-refractivity contribution in [2.24, 2.45) is 0 Å². The highest BCUT2D eigenvalue weighted by molar-refractivity contribution is 5.95. The van der Waals surface area contributed by atoms with Gasteiger partial charge in [0.1, 0.15) is 17.5 Å². The number of hydroxylamine groups is 1. The molecule has 1 amide bonds. The number of carbonyl (C=O) groups excluding carboxylic acids is 1. The first kappa shape index (κ1) is 15.6. The number of nitrogens with zero attached hydrogens (tertiary/aromatic N) is 2. The molecule has 0 saturated carbocycles. The SMILES string of the molecule is CCONC(=O)c1c(C#N)ccn1-c1cccc(OCC)c1. The fourth-order valence-electron chi connectivity index (χ4n) is 2.05. The van der Waals surface area contributed by atoms with Crippen molar-refractivity contribution in [3.63, 3.8) is 0 Å². The zero-order valence-electron chi connectivity index (χ0n) is 12.5. The molecule has 2 aromatic rings. The van der Waals surface area contributed by atoms with Gasteiger partial charge in [0, 0.05) is 18.0 Å². The summed E-state index contributed by atoms with van der Waals surface area (Å²) in [7, 11) is 0. The quantitative estimate of drug-likeness (QED) is 0.831. The topological polar surface area (TPSA) is 76.3 Å². The molecule has 0 radical (unpaired) electrons. The monoisotopic (exact) mass is 299 g/mol. The van der Waals surface area contributed by atoms with E-state index in [1.807, 2.05) is 37.3 Å². The third kappa shape index (κ3) is 3.27. The fourth-order valence-corrected chi connectivity index (χ4v) is 2.05. The smallest absolute Gasteiger partial charge is 0.293 e. The van der Waals surface area contributed by atoms with Crippen molar-refractivity contribution in [2.45, 2.75) is 13.8 Å². The molecule has 0 aliphatic carbocycles. The normalized spacial score (nSPS) is 10.0. The third-order valence-corrected chi connectivity index (χ3v) is 2.94. The highest BCUT2D eigenvalue weighted by Crippen LogP contribution is 2.21. The van der Waals surface area contributed by atoms with Gasteiger partial charge in [-0.15, -0.1) is 0 Å². The Morgan fingerprint density at radius 1 is 1.32 bits per heavy atom. The van der Waals surface area contributed by atoms with Crippen LogP contribution in [0.4, 0.5) is 0 Å². The standard InChI is InChI=1S/C16H17N3O3/c1-3-21-14-7-5-6-13(10-14)19-9-8-12(11-17)15(19)16(20)18-22-4-2/h5-10H,3-4H2,1-2H3,(H,18,20). The molecule has 0 aliphatic rings. The number of nitrogens with one attached hydrogen (secondary N) is 1. The van der Waals surface area contributed by atoms with Gasteiger partial charge in [-0.2, -0.15) is 5.26 Å². The van der Waals surface area contributed by atoms with Crippen molar-refractivity contribution < 1.29 is 14.4 Å². The van der Waals surface area contributed by atoms with Crippen LogP contribution in [-0.4, -0.2) is 23.7 Å². The van der Waals surface area contributed by atoms with Gasteiger partial charge < -0.3 is 9.30 Å². The van der Waals surface area contributed by atoms with Gasteiger partial charge in [0.15, 0.2) is 0 Å². The van der Waals surface area contributed by atoms with E-state index in [1.165, 1.54) is 0 Å². The molecule has 0 saturated heterocycles. The summed E-state index contributed by atoms with van der Waals surface area (Å²) in [5.41, 5.74) is 3.55. The molecule has 1 aromatic heterocycles. The first-order valence-corrected chi connectivity index (χ1v) is 6.98. The van der Waals surface area contributed by atoms with Crippen LogP contribution in [0.2, 0.25) is 0 Å². The second-order valence-corrected chi connectivity index (χ2v) is 4.35. The first-order chi connectivity index (χ1) is 10.7. The summed E-state index contributed by atoms with van der Waals surface area (Å²) in [6, 6.07) is 10.9. The Morgan fingerprint density at radius 2 is 2.14 bits per heavy atom. The summed E-state index contributed by atoms with van der Waals surface area (Å²) in [4.78, 5) is 17.1. The van der Waals surface area contributed by atoms with Crippen LogP contribution in [0.1, 0.15) is 29.9 Å². The van der Waals surface area contributed by atoms with Gasteiger partial charge in [-0.3, -0.25) is 9.63 Å². The summed E-state index contributed by atoms with van der Waals surface area (Å²) in [6.45, 7) is 4.55. The molecule has 1 N–H and O–H groups in total.